The Hall–Kier alpha value is -1.04. The lowest BCUT2D eigenvalue weighted by Crippen LogP contribution is -2.54. The number of alkyl halides is 2. The summed E-state index contributed by atoms with van der Waals surface area (Å²) in [5, 5.41) is 12.6. The average Bonchev–Trinajstić information content (AvgIpc) is 2.69. The first-order valence-electron chi connectivity index (χ1n) is 6.09. The van der Waals surface area contributed by atoms with Crippen molar-refractivity contribution in [2.45, 2.75) is 37.0 Å². The quantitative estimate of drug-likeness (QED) is 0.750. The van der Waals surface area contributed by atoms with Gasteiger partial charge < -0.3 is 16.2 Å². The van der Waals surface area contributed by atoms with Gasteiger partial charge in [-0.15, -0.1) is 0 Å². The number of aliphatic hydroxyl groups is 1. The summed E-state index contributed by atoms with van der Waals surface area (Å²) < 4.78 is 27.0. The molecule has 1 aliphatic rings. The van der Waals surface area contributed by atoms with E-state index in [-0.39, 0.29) is 13.0 Å². The SMILES string of the molecule is NC(Cc1ccccc1)C(O)C1NCCC1(F)F. The predicted octanol–water partition coefficient (Wildman–Crippen LogP) is 0.914. The Morgan fingerprint density at radius 3 is 2.61 bits per heavy atom. The van der Waals surface area contributed by atoms with E-state index in [1.807, 2.05) is 30.3 Å². The number of hydrogen-bond acceptors (Lipinski definition) is 3. The van der Waals surface area contributed by atoms with Crippen LogP contribution in [0.4, 0.5) is 8.78 Å². The number of benzene rings is 1. The van der Waals surface area contributed by atoms with Crippen molar-refractivity contribution in [1.29, 1.82) is 0 Å². The van der Waals surface area contributed by atoms with Gasteiger partial charge in [-0.05, 0) is 12.0 Å². The largest absolute Gasteiger partial charge is 0.390 e. The van der Waals surface area contributed by atoms with Crippen LogP contribution < -0.4 is 11.1 Å². The Morgan fingerprint density at radius 1 is 1.39 bits per heavy atom. The van der Waals surface area contributed by atoms with Gasteiger partial charge in [0.2, 0.25) is 0 Å². The number of hydrogen-bond donors (Lipinski definition) is 3. The van der Waals surface area contributed by atoms with Gasteiger partial charge in [0, 0.05) is 19.0 Å². The van der Waals surface area contributed by atoms with Gasteiger partial charge in [-0.25, -0.2) is 8.78 Å². The Kier molecular flexibility index (Phi) is 3.94. The molecule has 1 saturated heterocycles. The van der Waals surface area contributed by atoms with E-state index < -0.39 is 24.1 Å². The van der Waals surface area contributed by atoms with Crippen molar-refractivity contribution in [3.05, 3.63) is 35.9 Å². The summed E-state index contributed by atoms with van der Waals surface area (Å²) >= 11 is 0. The second-order valence-corrected chi connectivity index (χ2v) is 4.79. The fraction of sp³-hybridized carbons (Fsp3) is 0.538. The van der Waals surface area contributed by atoms with Gasteiger partial charge in [0.15, 0.2) is 0 Å². The molecule has 3 unspecified atom stereocenters. The van der Waals surface area contributed by atoms with Crippen molar-refractivity contribution in [3.63, 3.8) is 0 Å². The summed E-state index contributed by atoms with van der Waals surface area (Å²) in [5.41, 5.74) is 6.76. The minimum atomic E-state index is -2.88. The second kappa shape index (κ2) is 5.30. The monoisotopic (exact) mass is 256 g/mol. The molecule has 4 N–H and O–H groups in total. The van der Waals surface area contributed by atoms with Crippen LogP contribution in [0.5, 0.6) is 0 Å². The molecule has 18 heavy (non-hydrogen) atoms. The highest BCUT2D eigenvalue weighted by Gasteiger charge is 2.48. The summed E-state index contributed by atoms with van der Waals surface area (Å²) in [7, 11) is 0. The van der Waals surface area contributed by atoms with Crippen LogP contribution in [0.3, 0.4) is 0 Å². The third kappa shape index (κ3) is 2.85. The molecule has 0 radical (unpaired) electrons. The summed E-state index contributed by atoms with van der Waals surface area (Å²) in [6.07, 6.45) is -1.11. The van der Waals surface area contributed by atoms with Crippen molar-refractivity contribution < 1.29 is 13.9 Å². The lowest BCUT2D eigenvalue weighted by molar-refractivity contribution is -0.0581. The Morgan fingerprint density at radius 2 is 2.06 bits per heavy atom. The third-order valence-corrected chi connectivity index (χ3v) is 3.37. The molecule has 3 nitrogen and oxygen atoms in total. The molecule has 0 aliphatic carbocycles. The number of nitrogens with one attached hydrogen (secondary N) is 1. The zero-order valence-electron chi connectivity index (χ0n) is 10.0. The maximum Gasteiger partial charge on any atom is 0.266 e. The molecule has 100 valence electrons. The molecule has 0 bridgehead atoms. The van der Waals surface area contributed by atoms with E-state index in [2.05, 4.69) is 5.32 Å². The van der Waals surface area contributed by atoms with Gasteiger partial charge in [0.25, 0.3) is 5.92 Å². The summed E-state index contributed by atoms with van der Waals surface area (Å²) in [4.78, 5) is 0. The van der Waals surface area contributed by atoms with Crippen molar-refractivity contribution in [2.75, 3.05) is 6.54 Å². The molecular weight excluding hydrogens is 238 g/mol. The molecule has 1 fully saturated rings. The summed E-state index contributed by atoms with van der Waals surface area (Å²) in [5.74, 6) is -2.88. The fourth-order valence-corrected chi connectivity index (χ4v) is 2.32. The Bertz CT molecular complexity index is 386. The lowest BCUT2D eigenvalue weighted by Gasteiger charge is -2.28. The minimum absolute atomic E-state index is 0.215. The van der Waals surface area contributed by atoms with Crippen LogP contribution in [0.15, 0.2) is 30.3 Å². The van der Waals surface area contributed by atoms with Gasteiger partial charge in [0.05, 0.1) is 12.1 Å². The van der Waals surface area contributed by atoms with Crippen molar-refractivity contribution >= 4 is 0 Å². The maximum atomic E-state index is 13.5. The molecule has 0 saturated carbocycles. The van der Waals surface area contributed by atoms with Gasteiger partial charge in [0.1, 0.15) is 0 Å². The highest BCUT2D eigenvalue weighted by molar-refractivity contribution is 5.16. The molecule has 0 spiro atoms. The first kappa shape index (κ1) is 13.4. The van der Waals surface area contributed by atoms with E-state index >= 15 is 0 Å². The number of aliphatic hydroxyl groups excluding tert-OH is 1. The average molecular weight is 256 g/mol. The first-order chi connectivity index (χ1) is 8.50. The van der Waals surface area contributed by atoms with Crippen LogP contribution in [0.1, 0.15) is 12.0 Å². The number of rotatable bonds is 4. The Labute approximate surface area is 105 Å². The van der Waals surface area contributed by atoms with Crippen LogP contribution in [0, 0.1) is 0 Å². The molecule has 3 atom stereocenters. The summed E-state index contributed by atoms with van der Waals surface area (Å²) in [6, 6.07) is 7.39. The molecule has 1 heterocycles. The van der Waals surface area contributed by atoms with E-state index in [0.717, 1.165) is 5.56 Å². The zero-order valence-corrected chi connectivity index (χ0v) is 10.0. The fourth-order valence-electron chi connectivity index (χ4n) is 2.32. The highest BCUT2D eigenvalue weighted by Crippen LogP contribution is 2.30. The maximum absolute atomic E-state index is 13.5. The Balaban J connectivity index is 1.99. The number of nitrogens with two attached hydrogens (primary N) is 1. The van der Waals surface area contributed by atoms with Gasteiger partial charge >= 0.3 is 0 Å². The van der Waals surface area contributed by atoms with E-state index in [1.54, 1.807) is 0 Å². The normalized spacial score (nSPS) is 25.9. The minimum Gasteiger partial charge on any atom is -0.390 e. The smallest absolute Gasteiger partial charge is 0.266 e. The van der Waals surface area contributed by atoms with E-state index in [0.29, 0.717) is 6.42 Å². The van der Waals surface area contributed by atoms with Crippen molar-refractivity contribution in [1.82, 2.24) is 5.32 Å². The number of halogens is 2. The topological polar surface area (TPSA) is 58.3 Å². The molecule has 2 rings (SSSR count). The highest BCUT2D eigenvalue weighted by atomic mass is 19.3. The van der Waals surface area contributed by atoms with Crippen molar-refractivity contribution in [3.8, 4) is 0 Å². The van der Waals surface area contributed by atoms with Gasteiger partial charge in [-0.1, -0.05) is 30.3 Å². The molecule has 5 heteroatoms. The van der Waals surface area contributed by atoms with Crippen LogP contribution in [0.25, 0.3) is 0 Å². The zero-order chi connectivity index (χ0) is 13.2. The van der Waals surface area contributed by atoms with E-state index in [9.17, 15) is 13.9 Å². The van der Waals surface area contributed by atoms with Gasteiger partial charge in [-0.3, -0.25) is 0 Å². The van der Waals surface area contributed by atoms with Crippen LogP contribution in [-0.4, -0.2) is 35.8 Å². The third-order valence-electron chi connectivity index (χ3n) is 3.37. The van der Waals surface area contributed by atoms with E-state index in [1.165, 1.54) is 0 Å². The van der Waals surface area contributed by atoms with Gasteiger partial charge in [-0.2, -0.15) is 0 Å². The lowest BCUT2D eigenvalue weighted by atomic mass is 9.94. The molecule has 1 aromatic rings. The molecule has 0 aromatic heterocycles. The second-order valence-electron chi connectivity index (χ2n) is 4.79. The molecule has 1 aromatic carbocycles. The molecular formula is C13H18F2N2O. The molecule has 1 aliphatic heterocycles. The predicted molar refractivity (Wildman–Crippen MR) is 65.5 cm³/mol. The van der Waals surface area contributed by atoms with Crippen LogP contribution >= 0.6 is 0 Å². The van der Waals surface area contributed by atoms with E-state index in [4.69, 9.17) is 5.73 Å². The molecule has 0 amide bonds. The standard InChI is InChI=1S/C13H18F2N2O/c14-13(15)6-7-17-12(13)11(18)10(16)8-9-4-2-1-3-5-9/h1-5,10-12,17-18H,6-8,16H2. The van der Waals surface area contributed by atoms with Crippen molar-refractivity contribution in [2.24, 2.45) is 5.73 Å². The van der Waals surface area contributed by atoms with Crippen LogP contribution in [-0.2, 0) is 6.42 Å². The summed E-state index contributed by atoms with van der Waals surface area (Å²) in [6.45, 7) is 0.215. The van der Waals surface area contributed by atoms with Crippen LogP contribution in [0.2, 0.25) is 0 Å². The first-order valence-corrected chi connectivity index (χ1v) is 6.09.